The van der Waals surface area contributed by atoms with Crippen molar-refractivity contribution >= 4 is 40.6 Å². The average Bonchev–Trinajstić information content (AvgIpc) is 3.16. The minimum atomic E-state index is -0.472. The molecule has 33 heavy (non-hydrogen) atoms. The molecule has 0 unspecified atom stereocenters. The summed E-state index contributed by atoms with van der Waals surface area (Å²) in [4.78, 5) is 28.8. The first-order valence-electron chi connectivity index (χ1n) is 11.2. The summed E-state index contributed by atoms with van der Waals surface area (Å²) in [5.41, 5.74) is 11.7. The van der Waals surface area contributed by atoms with Crippen LogP contribution >= 0.6 is 23.7 Å². The first kappa shape index (κ1) is 23.5. The highest BCUT2D eigenvalue weighted by atomic mass is 35.5. The third kappa shape index (κ3) is 4.98. The molecule has 0 atom stereocenters. The normalized spacial score (nSPS) is 15.2. The van der Waals surface area contributed by atoms with Crippen molar-refractivity contribution in [3.63, 3.8) is 0 Å². The van der Waals surface area contributed by atoms with E-state index in [2.05, 4.69) is 40.5 Å². The molecule has 1 aromatic heterocycles. The van der Waals surface area contributed by atoms with E-state index in [1.54, 1.807) is 0 Å². The highest BCUT2D eigenvalue weighted by Gasteiger charge is 2.28. The van der Waals surface area contributed by atoms with Gasteiger partial charge in [0, 0.05) is 30.1 Å². The van der Waals surface area contributed by atoms with Crippen LogP contribution in [-0.2, 0) is 32.4 Å². The van der Waals surface area contributed by atoms with Gasteiger partial charge in [0.2, 0.25) is 0 Å². The Morgan fingerprint density at radius 1 is 1.00 bits per heavy atom. The molecule has 0 saturated heterocycles. The highest BCUT2D eigenvalue weighted by Crippen LogP contribution is 2.37. The number of nitrogens with zero attached hydrogens (tertiary/aromatic N) is 1. The van der Waals surface area contributed by atoms with Crippen molar-refractivity contribution in [2.45, 2.75) is 45.2 Å². The first-order valence-corrected chi connectivity index (χ1v) is 12.0. The van der Waals surface area contributed by atoms with Crippen molar-refractivity contribution in [2.75, 3.05) is 11.9 Å². The van der Waals surface area contributed by atoms with Gasteiger partial charge in [0.1, 0.15) is 5.00 Å². The standard InChI is InChI=1S/C26H27N3O2S.ClH/c27-24(30)23-21-12-13-29(15-17-6-2-1-3-7-17)16-22(21)32-26(23)28-25(31)20-11-10-18-8-4-5-9-19(18)14-20;/h1-3,6-7,10-11,14H,4-5,8-9,12-13,15-16H2,(H2,27,30)(H,28,31);1H. The van der Waals surface area contributed by atoms with Crippen LogP contribution in [0.15, 0.2) is 48.5 Å². The highest BCUT2D eigenvalue weighted by molar-refractivity contribution is 7.17. The quantitative estimate of drug-likeness (QED) is 0.541. The topological polar surface area (TPSA) is 75.4 Å². The maximum Gasteiger partial charge on any atom is 0.256 e. The number of hydrogen-bond acceptors (Lipinski definition) is 4. The number of hydrogen-bond donors (Lipinski definition) is 2. The number of primary amides is 1. The summed E-state index contributed by atoms with van der Waals surface area (Å²) >= 11 is 1.48. The van der Waals surface area contributed by atoms with E-state index in [9.17, 15) is 9.59 Å². The Bertz CT molecular complexity index is 1180. The van der Waals surface area contributed by atoms with E-state index in [1.807, 2.05) is 18.2 Å². The van der Waals surface area contributed by atoms with Crippen molar-refractivity contribution in [3.05, 3.63) is 86.8 Å². The molecular formula is C26H28ClN3O2S. The van der Waals surface area contributed by atoms with Gasteiger partial charge in [-0.25, -0.2) is 0 Å². The minimum Gasteiger partial charge on any atom is -0.365 e. The molecule has 0 fully saturated rings. The van der Waals surface area contributed by atoms with Crippen LogP contribution in [0.4, 0.5) is 5.00 Å². The summed E-state index contributed by atoms with van der Waals surface area (Å²) in [6, 6.07) is 16.3. The van der Waals surface area contributed by atoms with E-state index >= 15 is 0 Å². The van der Waals surface area contributed by atoms with Crippen LogP contribution in [0.25, 0.3) is 0 Å². The fraction of sp³-hybridized carbons (Fsp3) is 0.308. The predicted octanol–water partition coefficient (Wildman–Crippen LogP) is 4.96. The Labute approximate surface area is 204 Å². The Kier molecular flexibility index (Phi) is 7.17. The number of aryl methyl sites for hydroxylation is 2. The average molecular weight is 482 g/mol. The number of benzene rings is 2. The molecule has 7 heteroatoms. The lowest BCUT2D eigenvalue weighted by atomic mass is 9.90. The smallest absolute Gasteiger partial charge is 0.256 e. The molecule has 1 aliphatic heterocycles. The zero-order valence-corrected chi connectivity index (χ0v) is 20.1. The molecular weight excluding hydrogens is 454 g/mol. The molecule has 2 aromatic carbocycles. The summed E-state index contributed by atoms with van der Waals surface area (Å²) in [5, 5.41) is 3.57. The van der Waals surface area contributed by atoms with Crippen molar-refractivity contribution in [1.82, 2.24) is 4.90 Å². The number of rotatable bonds is 5. The number of fused-ring (bicyclic) bond motifs is 2. The largest absolute Gasteiger partial charge is 0.365 e. The van der Waals surface area contributed by atoms with Crippen molar-refractivity contribution in [3.8, 4) is 0 Å². The van der Waals surface area contributed by atoms with E-state index in [4.69, 9.17) is 5.73 Å². The molecule has 2 heterocycles. The maximum absolute atomic E-state index is 13.0. The van der Waals surface area contributed by atoms with E-state index in [0.717, 1.165) is 49.3 Å². The number of carbonyl (C=O) groups excluding carboxylic acids is 2. The van der Waals surface area contributed by atoms with Crippen molar-refractivity contribution in [2.24, 2.45) is 5.73 Å². The fourth-order valence-electron chi connectivity index (χ4n) is 4.83. The zero-order chi connectivity index (χ0) is 22.1. The van der Waals surface area contributed by atoms with Crippen LogP contribution < -0.4 is 11.1 Å². The van der Waals surface area contributed by atoms with Crippen LogP contribution in [0.2, 0.25) is 0 Å². The van der Waals surface area contributed by atoms with Gasteiger partial charge >= 0.3 is 0 Å². The molecule has 5 nitrogen and oxygen atoms in total. The predicted molar refractivity (Wildman–Crippen MR) is 135 cm³/mol. The molecule has 0 radical (unpaired) electrons. The Balaban J connectivity index is 0.00000259. The molecule has 1 aliphatic carbocycles. The molecule has 5 rings (SSSR count). The molecule has 3 aromatic rings. The molecule has 2 amide bonds. The molecule has 3 N–H and O–H groups in total. The zero-order valence-electron chi connectivity index (χ0n) is 18.4. The lowest BCUT2D eigenvalue weighted by Crippen LogP contribution is -2.30. The van der Waals surface area contributed by atoms with Gasteiger partial charge < -0.3 is 11.1 Å². The van der Waals surface area contributed by atoms with Gasteiger partial charge in [-0.3, -0.25) is 14.5 Å². The van der Waals surface area contributed by atoms with Crippen LogP contribution in [0, 0.1) is 0 Å². The molecule has 0 saturated carbocycles. The fourth-order valence-corrected chi connectivity index (χ4v) is 6.12. The lowest BCUT2D eigenvalue weighted by molar-refractivity contribution is 0.0999. The third-order valence-electron chi connectivity index (χ3n) is 6.47. The van der Waals surface area contributed by atoms with E-state index in [-0.39, 0.29) is 18.3 Å². The number of anilines is 1. The van der Waals surface area contributed by atoms with Crippen LogP contribution in [0.5, 0.6) is 0 Å². The summed E-state index contributed by atoms with van der Waals surface area (Å²) in [6.45, 7) is 2.47. The van der Waals surface area contributed by atoms with Gasteiger partial charge in [0.15, 0.2) is 0 Å². The number of thiophene rings is 1. The van der Waals surface area contributed by atoms with Gasteiger partial charge in [0.05, 0.1) is 5.56 Å². The molecule has 0 bridgehead atoms. The van der Waals surface area contributed by atoms with Gasteiger partial charge in [-0.15, -0.1) is 23.7 Å². The van der Waals surface area contributed by atoms with Gasteiger partial charge in [-0.05, 0) is 66.5 Å². The maximum atomic E-state index is 13.0. The minimum absolute atomic E-state index is 0. The molecule has 0 spiro atoms. The van der Waals surface area contributed by atoms with E-state index in [0.29, 0.717) is 16.1 Å². The second kappa shape index (κ2) is 10.1. The lowest BCUT2D eigenvalue weighted by Gasteiger charge is -2.27. The summed E-state index contributed by atoms with van der Waals surface area (Å²) in [6.07, 6.45) is 5.24. The molecule has 172 valence electrons. The Morgan fingerprint density at radius 2 is 1.76 bits per heavy atom. The van der Waals surface area contributed by atoms with E-state index in [1.165, 1.54) is 40.9 Å². The van der Waals surface area contributed by atoms with Gasteiger partial charge in [0.25, 0.3) is 11.8 Å². The van der Waals surface area contributed by atoms with Gasteiger partial charge in [-0.1, -0.05) is 36.4 Å². The second-order valence-electron chi connectivity index (χ2n) is 8.66. The first-order chi connectivity index (χ1) is 15.6. The van der Waals surface area contributed by atoms with Gasteiger partial charge in [-0.2, -0.15) is 0 Å². The third-order valence-corrected chi connectivity index (χ3v) is 7.60. The number of nitrogens with one attached hydrogen (secondary N) is 1. The number of nitrogens with two attached hydrogens (primary N) is 1. The number of amides is 2. The van der Waals surface area contributed by atoms with Crippen LogP contribution in [0.1, 0.15) is 60.7 Å². The molecule has 2 aliphatic rings. The van der Waals surface area contributed by atoms with Crippen molar-refractivity contribution in [1.29, 1.82) is 0 Å². The number of halogens is 1. The Hall–Kier alpha value is -2.67. The van der Waals surface area contributed by atoms with Crippen LogP contribution in [0.3, 0.4) is 0 Å². The summed E-state index contributed by atoms with van der Waals surface area (Å²) < 4.78 is 0. The monoisotopic (exact) mass is 481 g/mol. The summed E-state index contributed by atoms with van der Waals surface area (Å²) in [5.74, 6) is -0.652. The summed E-state index contributed by atoms with van der Waals surface area (Å²) in [7, 11) is 0. The number of carbonyl (C=O) groups is 2. The SMILES string of the molecule is Cl.NC(=O)c1c(NC(=O)c2ccc3c(c2)CCCC3)sc2c1CCN(Cc1ccccc1)C2. The van der Waals surface area contributed by atoms with E-state index < -0.39 is 5.91 Å². The Morgan fingerprint density at radius 3 is 2.52 bits per heavy atom. The second-order valence-corrected chi connectivity index (χ2v) is 9.77. The van der Waals surface area contributed by atoms with Crippen molar-refractivity contribution < 1.29 is 9.59 Å². The van der Waals surface area contributed by atoms with Crippen LogP contribution in [-0.4, -0.2) is 23.3 Å².